The highest BCUT2D eigenvalue weighted by molar-refractivity contribution is 6.35. The third kappa shape index (κ3) is 3.80. The van der Waals surface area contributed by atoms with Crippen LogP contribution in [0.3, 0.4) is 0 Å². The fraction of sp³-hybridized carbons (Fsp3) is 0.192. The average molecular weight is 448 g/mol. The normalized spacial score (nSPS) is 12.8. The Morgan fingerprint density at radius 1 is 0.844 bits per heavy atom. The van der Waals surface area contributed by atoms with Crippen LogP contribution in [0.25, 0.3) is 0 Å². The molecule has 3 aromatic rings. The first kappa shape index (κ1) is 21.8. The quantitative estimate of drug-likeness (QED) is 0.363. The van der Waals surface area contributed by atoms with Crippen LogP contribution in [0.15, 0.2) is 60.7 Å². The molecular formula is C26H22ClNO4. The number of carbonyl (C=O) groups excluding carboxylic acids is 3. The van der Waals surface area contributed by atoms with E-state index in [1.54, 1.807) is 42.5 Å². The first-order valence-electron chi connectivity index (χ1n) is 10.5. The van der Waals surface area contributed by atoms with Gasteiger partial charge in [0, 0.05) is 10.6 Å². The molecule has 4 rings (SSSR count). The summed E-state index contributed by atoms with van der Waals surface area (Å²) in [6, 6.07) is 17.2. The lowest BCUT2D eigenvalue weighted by Gasteiger charge is -2.21. The number of benzene rings is 3. The van der Waals surface area contributed by atoms with Crippen molar-refractivity contribution >= 4 is 35.1 Å². The molecule has 0 bridgehead atoms. The number of anilines is 1. The molecule has 162 valence electrons. The molecular weight excluding hydrogens is 426 g/mol. The van der Waals surface area contributed by atoms with Crippen molar-refractivity contribution in [1.29, 1.82) is 0 Å². The van der Waals surface area contributed by atoms with Crippen molar-refractivity contribution < 1.29 is 19.1 Å². The molecule has 0 atom stereocenters. The Morgan fingerprint density at radius 2 is 1.44 bits per heavy atom. The number of hydrogen-bond donors (Lipinski definition) is 0. The van der Waals surface area contributed by atoms with Crippen LogP contribution in [-0.2, 0) is 24.2 Å². The van der Waals surface area contributed by atoms with Crippen LogP contribution in [0.1, 0.15) is 61.6 Å². The Morgan fingerprint density at radius 3 is 2.06 bits per heavy atom. The predicted molar refractivity (Wildman–Crippen MR) is 123 cm³/mol. The molecule has 0 radical (unpaired) electrons. The molecule has 1 heterocycles. The van der Waals surface area contributed by atoms with Gasteiger partial charge in [-0.05, 0) is 54.3 Å². The van der Waals surface area contributed by atoms with Crippen molar-refractivity contribution in [2.75, 3.05) is 4.90 Å². The number of rotatable bonds is 6. The smallest absolute Gasteiger partial charge is 0.338 e. The number of imide groups is 1. The summed E-state index contributed by atoms with van der Waals surface area (Å²) in [5.74, 6) is -1.28. The number of carbonyl (C=O) groups is 3. The maximum atomic E-state index is 13.5. The van der Waals surface area contributed by atoms with E-state index in [-0.39, 0.29) is 18.1 Å². The Kier molecular flexibility index (Phi) is 6.10. The van der Waals surface area contributed by atoms with Crippen LogP contribution in [0.4, 0.5) is 5.69 Å². The monoisotopic (exact) mass is 447 g/mol. The zero-order chi connectivity index (χ0) is 22.8. The van der Waals surface area contributed by atoms with Crippen LogP contribution in [0.2, 0.25) is 5.02 Å². The Bertz CT molecular complexity index is 1190. The van der Waals surface area contributed by atoms with E-state index < -0.39 is 11.9 Å². The molecule has 3 aromatic carbocycles. The van der Waals surface area contributed by atoms with Gasteiger partial charge in [-0.3, -0.25) is 9.59 Å². The largest absolute Gasteiger partial charge is 0.457 e. The van der Waals surface area contributed by atoms with Crippen molar-refractivity contribution in [2.24, 2.45) is 0 Å². The van der Waals surface area contributed by atoms with Crippen molar-refractivity contribution in [3.8, 4) is 0 Å². The maximum absolute atomic E-state index is 13.5. The molecule has 1 aliphatic rings. The summed E-state index contributed by atoms with van der Waals surface area (Å²) in [6.07, 6.45) is 1.39. The van der Waals surface area contributed by atoms with Gasteiger partial charge < -0.3 is 4.74 Å². The molecule has 0 aromatic heterocycles. The molecule has 0 aliphatic carbocycles. The summed E-state index contributed by atoms with van der Waals surface area (Å²) in [6.45, 7) is 3.88. The number of amides is 2. The average Bonchev–Trinajstić information content (AvgIpc) is 3.07. The summed E-state index contributed by atoms with van der Waals surface area (Å²) in [5, 5.41) is 0.519. The Hall–Kier alpha value is -3.44. The molecule has 32 heavy (non-hydrogen) atoms. The van der Waals surface area contributed by atoms with Gasteiger partial charge in [0.25, 0.3) is 11.8 Å². The lowest BCUT2D eigenvalue weighted by Crippen LogP contribution is -2.31. The molecule has 0 saturated carbocycles. The highest BCUT2D eigenvalue weighted by Gasteiger charge is 2.40. The molecule has 2 amide bonds. The summed E-state index contributed by atoms with van der Waals surface area (Å²) in [5.41, 5.74) is 4.00. The number of ether oxygens (including phenoxy) is 1. The third-order valence-electron chi connectivity index (χ3n) is 5.63. The van der Waals surface area contributed by atoms with Gasteiger partial charge in [-0.1, -0.05) is 55.8 Å². The fourth-order valence-electron chi connectivity index (χ4n) is 3.99. The first-order valence-corrected chi connectivity index (χ1v) is 10.9. The zero-order valence-electron chi connectivity index (χ0n) is 17.9. The number of nitrogens with zero attached hydrogens (tertiary/aromatic N) is 1. The number of esters is 1. The van der Waals surface area contributed by atoms with Gasteiger partial charge in [-0.25, -0.2) is 9.69 Å². The van der Waals surface area contributed by atoms with Crippen LogP contribution >= 0.6 is 11.6 Å². The third-order valence-corrected chi connectivity index (χ3v) is 5.88. The second-order valence-electron chi connectivity index (χ2n) is 7.50. The lowest BCUT2D eigenvalue weighted by atomic mass is 10.0. The van der Waals surface area contributed by atoms with Gasteiger partial charge in [-0.2, -0.15) is 0 Å². The van der Waals surface area contributed by atoms with Gasteiger partial charge in [0.1, 0.15) is 6.61 Å². The molecule has 5 nitrogen and oxygen atoms in total. The minimum absolute atomic E-state index is 0.118. The SMILES string of the molecule is CCc1cccc(CC)c1N1C(=O)c2cccc(COC(=O)c3ccc(Cl)cc3)c2C1=O. The highest BCUT2D eigenvalue weighted by atomic mass is 35.5. The van der Waals surface area contributed by atoms with Crippen LogP contribution in [-0.4, -0.2) is 17.8 Å². The second-order valence-corrected chi connectivity index (χ2v) is 7.94. The summed E-state index contributed by atoms with van der Waals surface area (Å²) >= 11 is 5.86. The standard InChI is InChI=1S/C26H22ClNO4/c1-3-16-7-5-8-17(4-2)23(16)28-24(29)21-10-6-9-19(22(21)25(28)30)15-32-26(31)18-11-13-20(27)14-12-18/h5-14H,3-4,15H2,1-2H3. The van der Waals surface area contributed by atoms with E-state index >= 15 is 0 Å². The molecule has 0 saturated heterocycles. The second kappa shape index (κ2) is 8.97. The van der Waals surface area contributed by atoms with Crippen LogP contribution in [0, 0.1) is 0 Å². The Balaban J connectivity index is 1.66. The van der Waals surface area contributed by atoms with Gasteiger partial charge >= 0.3 is 5.97 Å². The van der Waals surface area contributed by atoms with Crippen molar-refractivity contribution in [3.63, 3.8) is 0 Å². The minimum Gasteiger partial charge on any atom is -0.457 e. The van der Waals surface area contributed by atoms with Crippen molar-refractivity contribution in [2.45, 2.75) is 33.3 Å². The van der Waals surface area contributed by atoms with Gasteiger partial charge in [0.05, 0.1) is 22.4 Å². The lowest BCUT2D eigenvalue weighted by molar-refractivity contribution is 0.0470. The number of para-hydroxylation sites is 1. The van der Waals surface area contributed by atoms with Crippen LogP contribution < -0.4 is 4.90 Å². The van der Waals surface area contributed by atoms with E-state index in [0.29, 0.717) is 40.2 Å². The van der Waals surface area contributed by atoms with E-state index in [0.717, 1.165) is 11.1 Å². The summed E-state index contributed by atoms with van der Waals surface area (Å²) in [4.78, 5) is 40.4. The van der Waals surface area contributed by atoms with Crippen LogP contribution in [0.5, 0.6) is 0 Å². The van der Waals surface area contributed by atoms with E-state index in [1.165, 1.54) is 4.90 Å². The molecule has 1 aliphatic heterocycles. The van der Waals surface area contributed by atoms with Crippen molar-refractivity contribution in [1.82, 2.24) is 0 Å². The van der Waals surface area contributed by atoms with Gasteiger partial charge in [0.2, 0.25) is 0 Å². The van der Waals surface area contributed by atoms with E-state index in [4.69, 9.17) is 16.3 Å². The number of hydrogen-bond acceptors (Lipinski definition) is 4. The highest BCUT2D eigenvalue weighted by Crippen LogP contribution is 2.35. The maximum Gasteiger partial charge on any atom is 0.338 e. The summed E-state index contributed by atoms with van der Waals surface area (Å²) < 4.78 is 5.43. The van der Waals surface area contributed by atoms with E-state index in [2.05, 4.69) is 0 Å². The van der Waals surface area contributed by atoms with E-state index in [9.17, 15) is 14.4 Å². The molecule has 6 heteroatoms. The molecule has 0 spiro atoms. The number of fused-ring (bicyclic) bond motifs is 1. The molecule has 0 fully saturated rings. The molecule has 0 unspecified atom stereocenters. The van der Waals surface area contributed by atoms with Crippen molar-refractivity contribution in [3.05, 3.63) is 99.1 Å². The van der Waals surface area contributed by atoms with E-state index in [1.807, 2.05) is 32.0 Å². The zero-order valence-corrected chi connectivity index (χ0v) is 18.6. The Labute approximate surface area is 191 Å². The van der Waals surface area contributed by atoms with Gasteiger partial charge in [-0.15, -0.1) is 0 Å². The minimum atomic E-state index is -0.530. The topological polar surface area (TPSA) is 63.7 Å². The summed E-state index contributed by atoms with van der Waals surface area (Å²) in [7, 11) is 0. The first-order chi connectivity index (χ1) is 15.5. The number of aryl methyl sites for hydroxylation is 2. The predicted octanol–water partition coefficient (Wildman–Crippen LogP) is 5.62. The fourth-order valence-corrected chi connectivity index (χ4v) is 4.12. The molecule has 0 N–H and O–H groups in total. The number of halogens is 1. The van der Waals surface area contributed by atoms with Gasteiger partial charge in [0.15, 0.2) is 0 Å².